The van der Waals surface area contributed by atoms with Crippen molar-refractivity contribution in [2.45, 2.75) is 31.8 Å². The minimum Gasteiger partial charge on any atom is -0.472 e. The molecule has 53 heavy (non-hydrogen) atoms. The third-order valence-corrected chi connectivity index (χ3v) is 11.5. The molecule has 0 radical (unpaired) electrons. The van der Waals surface area contributed by atoms with Crippen molar-refractivity contribution < 1.29 is 4.74 Å². The summed E-state index contributed by atoms with van der Waals surface area (Å²) in [6, 6.07) is 61.1. The number of hydrogen-bond donors (Lipinski definition) is 0. The molecule has 2 nitrogen and oxygen atoms in total. The molecule has 0 amide bonds. The van der Waals surface area contributed by atoms with Gasteiger partial charge in [-0.1, -0.05) is 165 Å². The van der Waals surface area contributed by atoms with Crippen LogP contribution in [0.25, 0.3) is 38.7 Å². The Labute approximate surface area is 311 Å². The van der Waals surface area contributed by atoms with Gasteiger partial charge in [-0.3, -0.25) is 0 Å². The molecule has 8 aromatic rings. The number of fused-ring (bicyclic) bond motifs is 9. The fourth-order valence-corrected chi connectivity index (χ4v) is 8.98. The molecule has 0 aromatic heterocycles. The van der Waals surface area contributed by atoms with Crippen LogP contribution in [0.4, 0.5) is 17.1 Å². The highest BCUT2D eigenvalue weighted by molar-refractivity contribution is 6.08. The zero-order valence-electron chi connectivity index (χ0n) is 30.2. The molecular weight excluding hydrogens is 643 g/mol. The lowest BCUT2D eigenvalue weighted by molar-refractivity contribution is 0.163. The van der Waals surface area contributed by atoms with Crippen LogP contribution in [0, 0.1) is 6.92 Å². The topological polar surface area (TPSA) is 12.5 Å². The van der Waals surface area contributed by atoms with E-state index in [-0.39, 0.29) is 5.41 Å². The van der Waals surface area contributed by atoms with E-state index in [0.29, 0.717) is 0 Å². The van der Waals surface area contributed by atoms with Crippen molar-refractivity contribution in [1.29, 1.82) is 0 Å². The van der Waals surface area contributed by atoms with Gasteiger partial charge < -0.3 is 9.64 Å². The summed E-state index contributed by atoms with van der Waals surface area (Å²) in [6.07, 6.45) is 4.64. The number of rotatable bonds is 5. The van der Waals surface area contributed by atoms with Gasteiger partial charge in [-0.25, -0.2) is 0 Å². The van der Waals surface area contributed by atoms with Crippen molar-refractivity contribution in [1.82, 2.24) is 0 Å². The molecular formula is C51H39NO. The van der Waals surface area contributed by atoms with E-state index in [0.717, 1.165) is 39.3 Å². The monoisotopic (exact) mass is 681 g/mol. The largest absolute Gasteiger partial charge is 0.472 e. The second-order valence-corrected chi connectivity index (χ2v) is 15.0. The van der Waals surface area contributed by atoms with Crippen LogP contribution in [0.3, 0.4) is 0 Å². The van der Waals surface area contributed by atoms with Crippen LogP contribution in [0.2, 0.25) is 0 Å². The molecule has 0 fully saturated rings. The lowest BCUT2D eigenvalue weighted by Crippen LogP contribution is -2.35. The van der Waals surface area contributed by atoms with E-state index in [2.05, 4.69) is 208 Å². The number of aryl methyl sites for hydroxylation is 1. The van der Waals surface area contributed by atoms with Gasteiger partial charge in [0.25, 0.3) is 0 Å². The molecule has 8 aromatic carbocycles. The molecule has 0 N–H and O–H groups in total. The lowest BCUT2D eigenvalue weighted by Gasteiger charge is -2.38. The van der Waals surface area contributed by atoms with Crippen LogP contribution in [-0.2, 0) is 11.0 Å². The van der Waals surface area contributed by atoms with Gasteiger partial charge in [0.15, 0.2) is 5.60 Å². The van der Waals surface area contributed by atoms with E-state index in [9.17, 15) is 0 Å². The first-order valence-corrected chi connectivity index (χ1v) is 18.5. The number of hydrogen-bond acceptors (Lipinski definition) is 2. The van der Waals surface area contributed by atoms with Crippen LogP contribution in [-0.4, -0.2) is 0 Å². The summed E-state index contributed by atoms with van der Waals surface area (Å²) in [5, 5.41) is 4.79. The number of para-hydroxylation sites is 1. The standard InChI is InChI=1S/C51H39NO/c1-34-25-30-43-45(33-34)50(2,3)48-44-31-32-51(36-17-6-4-7-18-36,53-49(44)42-23-13-12-22-41(42)47(43)48)37-26-28-39(29-27-37)52(38-19-8-5-9-20-38)46-24-14-16-35-15-10-11-21-40(35)46/h4-33H,1-3H3. The summed E-state index contributed by atoms with van der Waals surface area (Å²) in [4.78, 5) is 2.35. The molecule has 1 aliphatic heterocycles. The minimum atomic E-state index is -0.840. The van der Waals surface area contributed by atoms with Gasteiger partial charge in [-0.15, -0.1) is 0 Å². The van der Waals surface area contributed by atoms with Gasteiger partial charge >= 0.3 is 0 Å². The van der Waals surface area contributed by atoms with Crippen molar-refractivity contribution in [3.8, 4) is 16.9 Å². The first-order valence-electron chi connectivity index (χ1n) is 18.5. The average Bonchev–Trinajstić information content (AvgIpc) is 3.44. The summed E-state index contributed by atoms with van der Waals surface area (Å²) in [5.74, 6) is 0.939. The summed E-state index contributed by atoms with van der Waals surface area (Å²) in [5.41, 5.74) is 12.3. The molecule has 0 saturated carbocycles. The SMILES string of the molecule is Cc1ccc2c(c1)C(C)(C)c1c3c(c4ccccc4c1-2)OC(c1ccccc1)(c1ccc(N(c2ccccc2)c2cccc4ccccc24)cc1)C=C3. The van der Waals surface area contributed by atoms with Crippen molar-refractivity contribution in [3.63, 3.8) is 0 Å². The van der Waals surface area contributed by atoms with Gasteiger partial charge in [-0.2, -0.15) is 0 Å². The van der Waals surface area contributed by atoms with Crippen LogP contribution in [0.1, 0.15) is 47.2 Å². The van der Waals surface area contributed by atoms with Gasteiger partial charge in [0.05, 0.1) is 5.69 Å². The van der Waals surface area contributed by atoms with Crippen LogP contribution in [0.5, 0.6) is 5.75 Å². The smallest absolute Gasteiger partial charge is 0.178 e. The molecule has 1 heterocycles. The van der Waals surface area contributed by atoms with E-state index in [1.807, 2.05) is 0 Å². The van der Waals surface area contributed by atoms with E-state index >= 15 is 0 Å². The highest BCUT2D eigenvalue weighted by Gasteiger charge is 2.44. The molecule has 2 heteroatoms. The summed E-state index contributed by atoms with van der Waals surface area (Å²) >= 11 is 0. The predicted octanol–water partition coefficient (Wildman–Crippen LogP) is 13.4. The maximum absolute atomic E-state index is 7.57. The Hall–Kier alpha value is -6.38. The van der Waals surface area contributed by atoms with Crippen molar-refractivity contribution >= 4 is 44.7 Å². The Balaban J connectivity index is 1.16. The zero-order valence-corrected chi connectivity index (χ0v) is 30.2. The lowest BCUT2D eigenvalue weighted by atomic mass is 9.76. The maximum Gasteiger partial charge on any atom is 0.178 e. The molecule has 0 bridgehead atoms. The van der Waals surface area contributed by atoms with Gasteiger partial charge in [-0.05, 0) is 76.4 Å². The fourth-order valence-electron chi connectivity index (χ4n) is 8.98. The second-order valence-electron chi connectivity index (χ2n) is 15.0. The molecule has 0 saturated heterocycles. The summed E-state index contributed by atoms with van der Waals surface area (Å²) in [7, 11) is 0. The number of ether oxygens (including phenoxy) is 1. The first kappa shape index (κ1) is 31.4. The normalized spacial score (nSPS) is 16.5. The third-order valence-electron chi connectivity index (χ3n) is 11.5. The summed E-state index contributed by atoms with van der Waals surface area (Å²) in [6.45, 7) is 6.93. The van der Waals surface area contributed by atoms with Crippen LogP contribution in [0.15, 0.2) is 176 Å². The Morgan fingerprint density at radius 3 is 1.94 bits per heavy atom. The van der Waals surface area contributed by atoms with Crippen molar-refractivity contribution in [2.24, 2.45) is 0 Å². The van der Waals surface area contributed by atoms with E-state index in [1.54, 1.807) is 0 Å². The first-order chi connectivity index (χ1) is 25.9. The quantitative estimate of drug-likeness (QED) is 0.179. The van der Waals surface area contributed by atoms with Crippen molar-refractivity contribution in [2.75, 3.05) is 4.90 Å². The average molecular weight is 682 g/mol. The molecule has 1 aliphatic carbocycles. The predicted molar refractivity (Wildman–Crippen MR) is 222 cm³/mol. The molecule has 1 atom stereocenters. The molecule has 254 valence electrons. The Morgan fingerprint density at radius 2 is 1.17 bits per heavy atom. The van der Waals surface area contributed by atoms with Crippen molar-refractivity contribution in [3.05, 3.63) is 209 Å². The fraction of sp³-hybridized carbons (Fsp3) is 0.0980. The highest BCUT2D eigenvalue weighted by atomic mass is 16.5. The van der Waals surface area contributed by atoms with Gasteiger partial charge in [0, 0.05) is 44.3 Å². The van der Waals surface area contributed by atoms with E-state index < -0.39 is 5.60 Å². The minimum absolute atomic E-state index is 0.185. The van der Waals surface area contributed by atoms with E-state index in [4.69, 9.17) is 4.74 Å². The molecule has 1 unspecified atom stereocenters. The Kier molecular flexibility index (Phi) is 7.00. The molecule has 10 rings (SSSR count). The van der Waals surface area contributed by atoms with Crippen LogP contribution < -0.4 is 9.64 Å². The molecule has 2 aliphatic rings. The second kappa shape index (κ2) is 11.8. The number of anilines is 3. The zero-order chi connectivity index (χ0) is 35.7. The number of nitrogens with zero attached hydrogens (tertiary/aromatic N) is 1. The van der Waals surface area contributed by atoms with E-state index in [1.165, 1.54) is 49.5 Å². The Bertz CT molecular complexity index is 2720. The highest BCUT2D eigenvalue weighted by Crippen LogP contribution is 2.58. The molecule has 0 spiro atoms. The van der Waals surface area contributed by atoms with Crippen LogP contribution >= 0.6 is 0 Å². The third kappa shape index (κ3) is 4.72. The van der Waals surface area contributed by atoms with Gasteiger partial charge in [0.1, 0.15) is 5.75 Å². The number of benzene rings is 8. The Morgan fingerprint density at radius 1 is 0.547 bits per heavy atom. The summed E-state index contributed by atoms with van der Waals surface area (Å²) < 4.78 is 7.57. The van der Waals surface area contributed by atoms with Gasteiger partial charge in [0.2, 0.25) is 0 Å². The maximum atomic E-state index is 7.57.